The summed E-state index contributed by atoms with van der Waals surface area (Å²) in [4.78, 5) is 1.83. The molecule has 0 aliphatic heterocycles. The van der Waals surface area contributed by atoms with Crippen LogP contribution in [0.2, 0.25) is 0 Å². The predicted molar refractivity (Wildman–Crippen MR) is 91.3 cm³/mol. The lowest BCUT2D eigenvalue weighted by molar-refractivity contribution is 0.688. The molecule has 0 fully saturated rings. The zero-order valence-corrected chi connectivity index (χ0v) is 14.0. The van der Waals surface area contributed by atoms with E-state index in [0.29, 0.717) is 12.8 Å². The molecule has 108 valence electrons. The lowest BCUT2D eigenvalue weighted by atomic mass is 10.4. The molecule has 0 bridgehead atoms. The zero-order chi connectivity index (χ0) is 14.7. The van der Waals surface area contributed by atoms with Crippen molar-refractivity contribution < 1.29 is 8.42 Å². The van der Waals surface area contributed by atoms with E-state index in [9.17, 15) is 8.42 Å². The molecule has 2 atom stereocenters. The zero-order valence-electron chi connectivity index (χ0n) is 11.6. The maximum absolute atomic E-state index is 11.4. The molecule has 0 aromatic rings. The third-order valence-electron chi connectivity index (χ3n) is 2.29. The monoisotopic (exact) mass is 318 g/mol. The average Bonchev–Trinajstić information content (AvgIpc) is 2.35. The van der Waals surface area contributed by atoms with Crippen molar-refractivity contribution in [1.82, 2.24) is 0 Å². The second kappa shape index (κ2) is 11.4. The molecule has 0 amide bonds. The van der Waals surface area contributed by atoms with Gasteiger partial charge in [0.15, 0.2) is 0 Å². The first kappa shape index (κ1) is 18.6. The minimum Gasteiger partial charge on any atom is -0.255 e. The minimum atomic E-state index is -0.929. The second-order valence-electron chi connectivity index (χ2n) is 3.77. The van der Waals surface area contributed by atoms with Crippen LogP contribution in [0.4, 0.5) is 0 Å². The molecule has 2 nitrogen and oxygen atoms in total. The Labute approximate surface area is 126 Å². The molecule has 0 saturated carbocycles. The number of thioether (sulfide) groups is 1. The Morgan fingerprint density at radius 1 is 0.947 bits per heavy atom. The summed E-state index contributed by atoms with van der Waals surface area (Å²) in [5, 5.41) is 0. The topological polar surface area (TPSA) is 34.1 Å². The summed E-state index contributed by atoms with van der Waals surface area (Å²) in [7, 11) is -1.86. The van der Waals surface area contributed by atoms with E-state index in [-0.39, 0.29) is 0 Å². The summed E-state index contributed by atoms with van der Waals surface area (Å²) < 4.78 is 22.8. The van der Waals surface area contributed by atoms with Gasteiger partial charge in [-0.25, -0.2) is 0 Å². The van der Waals surface area contributed by atoms with Crippen molar-refractivity contribution in [3.05, 3.63) is 47.3 Å². The first-order valence-corrected chi connectivity index (χ1v) is 10.1. The summed E-state index contributed by atoms with van der Waals surface area (Å²) in [6.45, 7) is 7.31. The van der Waals surface area contributed by atoms with E-state index in [1.807, 2.05) is 12.2 Å². The standard InChI is InChI=1S/C14H22O2S3/c1-5-7-13(18(3)15)9-11-17-12-10-14(8-6-2)19(4)16/h5-6,9-10H,1-2,7-8,11-12H2,3-4H3. The van der Waals surface area contributed by atoms with E-state index < -0.39 is 21.6 Å². The van der Waals surface area contributed by atoms with Gasteiger partial charge in [0, 0.05) is 55.4 Å². The van der Waals surface area contributed by atoms with E-state index in [0.717, 1.165) is 21.3 Å². The normalized spacial score (nSPS) is 15.9. The van der Waals surface area contributed by atoms with Crippen LogP contribution in [0.15, 0.2) is 47.3 Å². The van der Waals surface area contributed by atoms with Crippen molar-refractivity contribution >= 4 is 33.4 Å². The van der Waals surface area contributed by atoms with E-state index in [1.165, 1.54) is 0 Å². The molecule has 0 heterocycles. The largest absolute Gasteiger partial charge is 0.255 e. The van der Waals surface area contributed by atoms with E-state index in [1.54, 1.807) is 36.4 Å². The van der Waals surface area contributed by atoms with Crippen molar-refractivity contribution in [1.29, 1.82) is 0 Å². The highest BCUT2D eigenvalue weighted by atomic mass is 32.2. The Hall–Kier alpha value is -0.390. The van der Waals surface area contributed by atoms with Crippen molar-refractivity contribution in [3.63, 3.8) is 0 Å². The molecule has 5 heteroatoms. The Kier molecular flexibility index (Phi) is 11.2. The Balaban J connectivity index is 4.28. The quantitative estimate of drug-likeness (QED) is 0.457. The maximum Gasteiger partial charge on any atom is 0.0457 e. The van der Waals surface area contributed by atoms with E-state index in [2.05, 4.69) is 13.2 Å². The van der Waals surface area contributed by atoms with Crippen LogP contribution in [0.3, 0.4) is 0 Å². The molecular formula is C14H22O2S3. The summed E-state index contributed by atoms with van der Waals surface area (Å²) in [5.41, 5.74) is 0. The van der Waals surface area contributed by atoms with Crippen LogP contribution in [-0.4, -0.2) is 32.4 Å². The minimum absolute atomic E-state index is 0.667. The van der Waals surface area contributed by atoms with Gasteiger partial charge in [-0.3, -0.25) is 8.42 Å². The molecule has 0 aliphatic rings. The molecule has 0 aromatic heterocycles. The summed E-state index contributed by atoms with van der Waals surface area (Å²) >= 11 is 1.71. The third-order valence-corrected chi connectivity index (χ3v) is 5.24. The van der Waals surface area contributed by atoms with E-state index >= 15 is 0 Å². The lowest BCUT2D eigenvalue weighted by Gasteiger charge is -2.02. The van der Waals surface area contributed by atoms with Crippen LogP contribution in [0.5, 0.6) is 0 Å². The van der Waals surface area contributed by atoms with Crippen LogP contribution in [-0.2, 0) is 21.6 Å². The lowest BCUT2D eigenvalue weighted by Crippen LogP contribution is -1.93. The van der Waals surface area contributed by atoms with Gasteiger partial charge < -0.3 is 0 Å². The van der Waals surface area contributed by atoms with E-state index in [4.69, 9.17) is 0 Å². The van der Waals surface area contributed by atoms with Gasteiger partial charge in [-0.05, 0) is 12.8 Å². The van der Waals surface area contributed by atoms with Gasteiger partial charge in [0.05, 0.1) is 0 Å². The summed E-state index contributed by atoms with van der Waals surface area (Å²) in [5.74, 6) is 1.61. The van der Waals surface area contributed by atoms with Gasteiger partial charge in [-0.15, -0.1) is 13.2 Å². The van der Waals surface area contributed by atoms with Gasteiger partial charge in [-0.2, -0.15) is 11.8 Å². The number of rotatable bonds is 10. The smallest absolute Gasteiger partial charge is 0.0457 e. The Morgan fingerprint density at radius 3 is 1.58 bits per heavy atom. The molecule has 0 spiro atoms. The molecule has 0 aromatic carbocycles. The average molecular weight is 319 g/mol. The number of hydrogen-bond acceptors (Lipinski definition) is 3. The Morgan fingerprint density at radius 2 is 1.32 bits per heavy atom. The van der Waals surface area contributed by atoms with Crippen LogP contribution in [0.1, 0.15) is 12.8 Å². The Bertz CT molecular complexity index is 371. The highest BCUT2D eigenvalue weighted by Crippen LogP contribution is 2.12. The molecule has 0 saturated heterocycles. The number of hydrogen-bond donors (Lipinski definition) is 0. The summed E-state index contributed by atoms with van der Waals surface area (Å²) in [6.07, 6.45) is 12.2. The third kappa shape index (κ3) is 9.19. The van der Waals surface area contributed by atoms with Crippen LogP contribution < -0.4 is 0 Å². The van der Waals surface area contributed by atoms with Crippen molar-refractivity contribution in [2.24, 2.45) is 0 Å². The van der Waals surface area contributed by atoms with Gasteiger partial charge in [-0.1, -0.05) is 24.3 Å². The van der Waals surface area contributed by atoms with Gasteiger partial charge in [0.1, 0.15) is 0 Å². The maximum atomic E-state index is 11.4. The second-order valence-corrected chi connectivity index (χ2v) is 7.71. The first-order valence-electron chi connectivity index (χ1n) is 5.87. The first-order chi connectivity index (χ1) is 9.02. The molecule has 0 rings (SSSR count). The van der Waals surface area contributed by atoms with Gasteiger partial charge >= 0.3 is 0 Å². The molecule has 2 unspecified atom stereocenters. The molecule has 0 aliphatic carbocycles. The van der Waals surface area contributed by atoms with Crippen LogP contribution in [0, 0.1) is 0 Å². The highest BCUT2D eigenvalue weighted by Gasteiger charge is 2.00. The molecular weight excluding hydrogens is 296 g/mol. The highest BCUT2D eigenvalue weighted by molar-refractivity contribution is 7.99. The number of allylic oxidation sites excluding steroid dienone is 4. The summed E-state index contributed by atoms with van der Waals surface area (Å²) in [6, 6.07) is 0. The fourth-order valence-electron chi connectivity index (χ4n) is 1.29. The van der Waals surface area contributed by atoms with Crippen molar-refractivity contribution in [3.8, 4) is 0 Å². The molecule has 0 radical (unpaired) electrons. The SMILES string of the molecule is C=CCC(=CCSCC=C(CC=C)S(C)=O)S(C)=O. The van der Waals surface area contributed by atoms with Crippen LogP contribution in [0.25, 0.3) is 0 Å². The molecule has 0 N–H and O–H groups in total. The van der Waals surface area contributed by atoms with Crippen molar-refractivity contribution in [2.75, 3.05) is 24.0 Å². The molecule has 19 heavy (non-hydrogen) atoms. The fourth-order valence-corrected chi connectivity index (χ4v) is 3.62. The van der Waals surface area contributed by atoms with Crippen molar-refractivity contribution in [2.45, 2.75) is 12.8 Å². The fraction of sp³-hybridized carbons (Fsp3) is 0.429. The van der Waals surface area contributed by atoms with Crippen LogP contribution >= 0.6 is 11.8 Å². The predicted octanol–water partition coefficient (Wildman–Crippen LogP) is 3.40. The van der Waals surface area contributed by atoms with Gasteiger partial charge in [0.2, 0.25) is 0 Å². The van der Waals surface area contributed by atoms with Gasteiger partial charge in [0.25, 0.3) is 0 Å².